The van der Waals surface area contributed by atoms with Gasteiger partial charge >= 0.3 is 0 Å². The van der Waals surface area contributed by atoms with E-state index < -0.39 is 9.04 Å². The number of fused-ring (bicyclic) bond motifs is 1. The first kappa shape index (κ1) is 13.8. The highest BCUT2D eigenvalue weighted by Crippen LogP contribution is 2.29. The average Bonchev–Trinajstić information content (AvgIpc) is 2.48. The van der Waals surface area contributed by atoms with Crippen molar-refractivity contribution in [1.29, 1.82) is 0 Å². The van der Waals surface area contributed by atoms with E-state index in [1.807, 2.05) is 11.4 Å². The summed E-state index contributed by atoms with van der Waals surface area (Å²) in [4.78, 5) is 0. The van der Waals surface area contributed by atoms with E-state index in [4.69, 9.17) is 4.43 Å². The summed E-state index contributed by atoms with van der Waals surface area (Å²) >= 11 is 0. The number of hydrogen-bond donors (Lipinski definition) is 0. The summed E-state index contributed by atoms with van der Waals surface area (Å²) in [6, 6.07) is 14.8. The number of rotatable bonds is 6. The van der Waals surface area contributed by atoms with Gasteiger partial charge in [-0.2, -0.15) is 0 Å². The second kappa shape index (κ2) is 6.50. The van der Waals surface area contributed by atoms with Crippen LogP contribution in [0, 0.1) is 0 Å². The van der Waals surface area contributed by atoms with E-state index >= 15 is 0 Å². The zero-order chi connectivity index (χ0) is 13.7. The molecular formula is C17H20OSi. The highest BCUT2D eigenvalue weighted by Gasteiger charge is 2.15. The van der Waals surface area contributed by atoms with Gasteiger partial charge in [-0.3, -0.25) is 0 Å². The van der Waals surface area contributed by atoms with Gasteiger partial charge in [-0.05, 0) is 22.8 Å². The Bertz CT molecular complexity index is 563. The van der Waals surface area contributed by atoms with Crippen molar-refractivity contribution in [3.05, 3.63) is 72.6 Å². The van der Waals surface area contributed by atoms with Crippen LogP contribution in [-0.2, 0) is 4.43 Å². The van der Waals surface area contributed by atoms with Crippen molar-refractivity contribution in [2.45, 2.75) is 19.4 Å². The molecule has 0 aromatic heterocycles. The predicted octanol–water partition coefficient (Wildman–Crippen LogP) is 4.48. The van der Waals surface area contributed by atoms with E-state index in [0.29, 0.717) is 0 Å². The largest absolute Gasteiger partial charge is 0.405 e. The van der Waals surface area contributed by atoms with Crippen LogP contribution < -0.4 is 0 Å². The third kappa shape index (κ3) is 3.03. The Kier molecular flexibility index (Phi) is 4.72. The molecule has 0 amide bonds. The Balaban J connectivity index is 2.40. The molecular weight excluding hydrogens is 248 g/mol. The molecule has 98 valence electrons. The third-order valence-electron chi connectivity index (χ3n) is 3.33. The molecule has 1 unspecified atom stereocenters. The lowest BCUT2D eigenvalue weighted by Gasteiger charge is -2.21. The monoisotopic (exact) mass is 268 g/mol. The molecule has 0 spiro atoms. The Hall–Kier alpha value is -1.64. The van der Waals surface area contributed by atoms with Gasteiger partial charge in [-0.25, -0.2) is 0 Å². The quantitative estimate of drug-likeness (QED) is 0.702. The lowest BCUT2D eigenvalue weighted by Crippen LogP contribution is -2.16. The fraction of sp³-hybridized carbons (Fsp3) is 0.176. The van der Waals surface area contributed by atoms with E-state index in [1.54, 1.807) is 0 Å². The molecule has 2 rings (SSSR count). The topological polar surface area (TPSA) is 9.23 Å². The smallest absolute Gasteiger partial charge is 0.225 e. The summed E-state index contributed by atoms with van der Waals surface area (Å²) < 4.78 is 6.20. The molecule has 0 fully saturated rings. The number of hydrogen-bond acceptors (Lipinski definition) is 1. The number of benzene rings is 2. The molecule has 0 heterocycles. The normalized spacial score (nSPS) is 12.5. The van der Waals surface area contributed by atoms with Gasteiger partial charge in [0.2, 0.25) is 9.04 Å². The lowest BCUT2D eigenvalue weighted by atomic mass is 9.99. The van der Waals surface area contributed by atoms with Crippen LogP contribution in [0.15, 0.2) is 67.0 Å². The predicted molar refractivity (Wildman–Crippen MR) is 85.6 cm³/mol. The van der Waals surface area contributed by atoms with Crippen LogP contribution in [0.2, 0.25) is 0 Å². The highest BCUT2D eigenvalue weighted by atomic mass is 28.3. The fourth-order valence-electron chi connectivity index (χ4n) is 2.32. The summed E-state index contributed by atoms with van der Waals surface area (Å²) in [5.41, 5.74) is 5.10. The van der Waals surface area contributed by atoms with Gasteiger partial charge in [-0.15, -0.1) is 13.2 Å². The zero-order valence-corrected chi connectivity index (χ0v) is 12.5. The molecule has 0 N–H and O–H groups in total. The van der Waals surface area contributed by atoms with Crippen LogP contribution in [0.25, 0.3) is 10.8 Å². The molecule has 1 nitrogen and oxygen atoms in total. The molecule has 2 aromatic rings. The van der Waals surface area contributed by atoms with E-state index in [9.17, 15) is 0 Å². The fourth-order valence-corrected chi connectivity index (χ4v) is 3.45. The Labute approximate surface area is 117 Å². The zero-order valence-electron chi connectivity index (χ0n) is 11.4. The second-order valence-corrected chi connectivity index (χ2v) is 6.68. The van der Waals surface area contributed by atoms with Gasteiger partial charge in [0.05, 0.1) is 6.10 Å². The maximum atomic E-state index is 6.20. The first-order valence-corrected chi connectivity index (χ1v) is 8.48. The minimum absolute atomic E-state index is 0.124. The van der Waals surface area contributed by atoms with Crippen molar-refractivity contribution in [3.8, 4) is 0 Å². The summed E-state index contributed by atoms with van der Waals surface area (Å²) in [6.07, 6.45) is 1.08. The van der Waals surface area contributed by atoms with Gasteiger partial charge in [0, 0.05) is 0 Å². The van der Waals surface area contributed by atoms with Crippen LogP contribution in [0.3, 0.4) is 0 Å². The van der Waals surface area contributed by atoms with Crippen molar-refractivity contribution in [1.82, 2.24) is 0 Å². The first-order valence-electron chi connectivity index (χ1n) is 6.68. The van der Waals surface area contributed by atoms with Gasteiger partial charge in [0.1, 0.15) is 0 Å². The van der Waals surface area contributed by atoms with Crippen molar-refractivity contribution in [3.63, 3.8) is 0 Å². The first-order chi connectivity index (χ1) is 9.30. The molecule has 2 aromatic carbocycles. The minimum Gasteiger partial charge on any atom is -0.405 e. The van der Waals surface area contributed by atoms with Crippen LogP contribution in [-0.4, -0.2) is 9.04 Å². The second-order valence-electron chi connectivity index (χ2n) is 4.54. The van der Waals surface area contributed by atoms with E-state index in [2.05, 4.69) is 62.5 Å². The molecule has 0 radical (unpaired) electrons. The lowest BCUT2D eigenvalue weighted by molar-refractivity contribution is 0.210. The Morgan fingerprint density at radius 2 is 1.79 bits per heavy atom. The Morgan fingerprint density at radius 3 is 2.47 bits per heavy atom. The summed E-state index contributed by atoms with van der Waals surface area (Å²) in [5.74, 6) is 0. The van der Waals surface area contributed by atoms with Crippen molar-refractivity contribution in [2.24, 2.45) is 0 Å². The van der Waals surface area contributed by atoms with Gasteiger partial charge in [0.15, 0.2) is 0 Å². The average molecular weight is 268 g/mol. The molecule has 0 aliphatic carbocycles. The minimum atomic E-state index is -1.49. The molecule has 0 bridgehead atoms. The van der Waals surface area contributed by atoms with E-state index in [0.717, 1.165) is 6.42 Å². The van der Waals surface area contributed by atoms with Crippen LogP contribution in [0.1, 0.15) is 25.0 Å². The van der Waals surface area contributed by atoms with E-state index in [1.165, 1.54) is 16.3 Å². The maximum absolute atomic E-state index is 6.20. The molecule has 2 heteroatoms. The molecule has 19 heavy (non-hydrogen) atoms. The summed E-state index contributed by atoms with van der Waals surface area (Å²) in [5, 5.41) is 2.54. The Morgan fingerprint density at radius 1 is 1.11 bits per heavy atom. The summed E-state index contributed by atoms with van der Waals surface area (Å²) in [7, 11) is -1.49. The van der Waals surface area contributed by atoms with Crippen LogP contribution in [0.4, 0.5) is 0 Å². The van der Waals surface area contributed by atoms with Crippen LogP contribution in [0.5, 0.6) is 0 Å². The van der Waals surface area contributed by atoms with Crippen molar-refractivity contribution >= 4 is 19.8 Å². The molecule has 0 aliphatic rings. The van der Waals surface area contributed by atoms with Gasteiger partial charge < -0.3 is 4.43 Å². The standard InChI is InChI=1S/C17H20OSi/c1-4-17(18-19(5-2)6-3)16-13-9-11-14-10-7-8-12-15(14)16/h5-13,17,19H,2-4H2,1H3. The SMILES string of the molecule is C=C[SiH](C=C)OC(CC)c1cccc2ccccc12. The summed E-state index contributed by atoms with van der Waals surface area (Å²) in [6.45, 7) is 9.84. The molecule has 1 atom stereocenters. The molecule has 0 saturated carbocycles. The van der Waals surface area contributed by atoms with Crippen molar-refractivity contribution in [2.75, 3.05) is 0 Å². The van der Waals surface area contributed by atoms with Gasteiger partial charge in [-0.1, -0.05) is 60.8 Å². The maximum Gasteiger partial charge on any atom is 0.225 e. The molecule has 0 saturated heterocycles. The van der Waals surface area contributed by atoms with Crippen LogP contribution >= 0.6 is 0 Å². The third-order valence-corrected chi connectivity index (χ3v) is 4.90. The molecule has 0 aliphatic heterocycles. The highest BCUT2D eigenvalue weighted by molar-refractivity contribution is 6.62. The van der Waals surface area contributed by atoms with E-state index in [-0.39, 0.29) is 6.10 Å². The van der Waals surface area contributed by atoms with Crippen molar-refractivity contribution < 1.29 is 4.43 Å². The van der Waals surface area contributed by atoms with Gasteiger partial charge in [0.25, 0.3) is 0 Å².